The summed E-state index contributed by atoms with van der Waals surface area (Å²) in [5.41, 5.74) is 0.641. The number of nitrogens with one attached hydrogen (secondary N) is 1. The van der Waals surface area contributed by atoms with Gasteiger partial charge in [-0.25, -0.2) is 4.79 Å². The zero-order chi connectivity index (χ0) is 16.8. The average molecular weight is 324 g/mol. The predicted octanol–water partition coefficient (Wildman–Crippen LogP) is 4.44. The van der Waals surface area contributed by atoms with E-state index in [9.17, 15) is 9.59 Å². The van der Waals surface area contributed by atoms with E-state index >= 15 is 0 Å². The standard InChI is InChI=1S/C17H22ClNO3/c1-5-6-13(11-20)15(12-7-9-14(18)10-8-12)19-16(21)22-17(2,3)4/h6-11,15H,5H2,1-4H3,(H,19,21)/b13-6-/t15-/m1/s1. The van der Waals surface area contributed by atoms with Crippen molar-refractivity contribution in [3.05, 3.63) is 46.5 Å². The van der Waals surface area contributed by atoms with E-state index in [1.165, 1.54) is 0 Å². The molecule has 5 heteroatoms. The SMILES string of the molecule is CC/C=C(/C=O)[C@H](NC(=O)OC(C)(C)C)c1ccc(Cl)cc1. The molecule has 0 heterocycles. The summed E-state index contributed by atoms with van der Waals surface area (Å²) in [6.07, 6.45) is 2.65. The van der Waals surface area contributed by atoms with Gasteiger partial charge in [0.15, 0.2) is 0 Å². The number of halogens is 1. The second-order valence-electron chi connectivity index (χ2n) is 5.86. The van der Waals surface area contributed by atoms with Crippen LogP contribution < -0.4 is 5.32 Å². The van der Waals surface area contributed by atoms with Crippen molar-refractivity contribution in [1.29, 1.82) is 0 Å². The highest BCUT2D eigenvalue weighted by Crippen LogP contribution is 2.23. The predicted molar refractivity (Wildman–Crippen MR) is 88.0 cm³/mol. The van der Waals surface area contributed by atoms with Crippen molar-refractivity contribution in [2.45, 2.75) is 45.8 Å². The Balaban J connectivity index is 3.06. The molecule has 120 valence electrons. The van der Waals surface area contributed by atoms with Crippen LogP contribution in [0.1, 0.15) is 45.7 Å². The Bertz CT molecular complexity index is 544. The van der Waals surface area contributed by atoms with Crippen molar-refractivity contribution >= 4 is 24.0 Å². The molecule has 0 aromatic heterocycles. The fraction of sp³-hybridized carbons (Fsp3) is 0.412. The van der Waals surface area contributed by atoms with Crippen LogP contribution in [0.5, 0.6) is 0 Å². The number of rotatable bonds is 5. The maximum atomic E-state index is 12.0. The Kier molecular flexibility index (Phi) is 6.62. The van der Waals surface area contributed by atoms with E-state index in [0.717, 1.165) is 11.8 Å². The number of alkyl carbamates (subject to hydrolysis) is 1. The Morgan fingerprint density at radius 1 is 1.32 bits per heavy atom. The second kappa shape index (κ2) is 7.99. The first-order valence-electron chi connectivity index (χ1n) is 7.17. The van der Waals surface area contributed by atoms with E-state index in [2.05, 4.69) is 5.32 Å². The summed E-state index contributed by atoms with van der Waals surface area (Å²) >= 11 is 5.89. The van der Waals surface area contributed by atoms with Crippen molar-refractivity contribution in [2.24, 2.45) is 0 Å². The maximum absolute atomic E-state index is 12.0. The van der Waals surface area contributed by atoms with Crippen LogP contribution in [0.15, 0.2) is 35.9 Å². The molecule has 0 aliphatic rings. The molecular weight excluding hydrogens is 302 g/mol. The van der Waals surface area contributed by atoms with Gasteiger partial charge in [0, 0.05) is 10.6 Å². The highest BCUT2D eigenvalue weighted by molar-refractivity contribution is 6.30. The third-order valence-corrected chi connectivity index (χ3v) is 3.03. The third kappa shape index (κ3) is 5.90. The lowest BCUT2D eigenvalue weighted by molar-refractivity contribution is -0.105. The monoisotopic (exact) mass is 323 g/mol. The molecule has 0 spiro atoms. The summed E-state index contributed by atoms with van der Waals surface area (Å²) in [5.74, 6) is 0. The van der Waals surface area contributed by atoms with Gasteiger partial charge in [0.25, 0.3) is 0 Å². The second-order valence-corrected chi connectivity index (χ2v) is 6.30. The van der Waals surface area contributed by atoms with Crippen LogP contribution in [0.25, 0.3) is 0 Å². The molecule has 0 fully saturated rings. The van der Waals surface area contributed by atoms with Crippen molar-refractivity contribution < 1.29 is 14.3 Å². The number of aldehydes is 1. The highest BCUT2D eigenvalue weighted by Gasteiger charge is 2.23. The van der Waals surface area contributed by atoms with Gasteiger partial charge in [0.2, 0.25) is 0 Å². The van der Waals surface area contributed by atoms with E-state index in [4.69, 9.17) is 16.3 Å². The maximum Gasteiger partial charge on any atom is 0.408 e. The lowest BCUT2D eigenvalue weighted by atomic mass is 9.99. The smallest absolute Gasteiger partial charge is 0.408 e. The van der Waals surface area contributed by atoms with Gasteiger partial charge < -0.3 is 10.1 Å². The zero-order valence-electron chi connectivity index (χ0n) is 13.4. The van der Waals surface area contributed by atoms with Crippen LogP contribution in [0.4, 0.5) is 4.79 Å². The van der Waals surface area contributed by atoms with E-state index in [0.29, 0.717) is 17.0 Å². The summed E-state index contributed by atoms with van der Waals surface area (Å²) in [7, 11) is 0. The number of carbonyl (C=O) groups is 2. The van der Waals surface area contributed by atoms with Gasteiger partial charge in [0.1, 0.15) is 11.9 Å². The summed E-state index contributed by atoms with van der Waals surface area (Å²) in [5, 5.41) is 3.33. The number of benzene rings is 1. The molecule has 0 saturated carbocycles. The minimum Gasteiger partial charge on any atom is -0.444 e. The van der Waals surface area contributed by atoms with Crippen LogP contribution >= 0.6 is 11.6 Å². The van der Waals surface area contributed by atoms with Gasteiger partial charge in [-0.2, -0.15) is 0 Å². The molecule has 0 saturated heterocycles. The minimum absolute atomic E-state index is 0.482. The first-order valence-corrected chi connectivity index (χ1v) is 7.55. The van der Waals surface area contributed by atoms with E-state index in [1.807, 2.05) is 6.92 Å². The molecule has 1 amide bonds. The normalized spacial score (nSPS) is 13.4. The lowest BCUT2D eigenvalue weighted by Gasteiger charge is -2.24. The molecule has 1 rings (SSSR count). The number of allylic oxidation sites excluding steroid dienone is 1. The third-order valence-electron chi connectivity index (χ3n) is 2.77. The first kappa shape index (κ1) is 18.2. The molecule has 1 aromatic carbocycles. The molecule has 0 bridgehead atoms. The van der Waals surface area contributed by atoms with E-state index in [-0.39, 0.29) is 0 Å². The van der Waals surface area contributed by atoms with Crippen molar-refractivity contribution in [1.82, 2.24) is 5.32 Å². The number of hydrogen-bond donors (Lipinski definition) is 1. The van der Waals surface area contributed by atoms with Gasteiger partial charge in [0.05, 0.1) is 6.04 Å². The fourth-order valence-corrected chi connectivity index (χ4v) is 2.04. The van der Waals surface area contributed by atoms with Crippen LogP contribution in [0, 0.1) is 0 Å². The Labute approximate surface area is 136 Å². The minimum atomic E-state index is -0.607. The molecule has 1 aromatic rings. The molecular formula is C17H22ClNO3. The van der Waals surface area contributed by atoms with Gasteiger partial charge in [-0.1, -0.05) is 36.7 Å². The Hall–Kier alpha value is -1.81. The number of amides is 1. The van der Waals surface area contributed by atoms with Crippen LogP contribution in [0.3, 0.4) is 0 Å². The molecule has 0 radical (unpaired) electrons. The Morgan fingerprint density at radius 2 is 1.91 bits per heavy atom. The van der Waals surface area contributed by atoms with Crippen molar-refractivity contribution in [2.75, 3.05) is 0 Å². The number of hydrogen-bond acceptors (Lipinski definition) is 3. The van der Waals surface area contributed by atoms with Crippen molar-refractivity contribution in [3.63, 3.8) is 0 Å². The molecule has 1 atom stereocenters. The molecule has 1 N–H and O–H groups in total. The fourth-order valence-electron chi connectivity index (χ4n) is 1.91. The Morgan fingerprint density at radius 3 is 2.36 bits per heavy atom. The quantitative estimate of drug-likeness (QED) is 0.643. The summed E-state index contributed by atoms with van der Waals surface area (Å²) < 4.78 is 5.27. The first-order chi connectivity index (χ1) is 10.3. The summed E-state index contributed by atoms with van der Waals surface area (Å²) in [6, 6.07) is 6.42. The number of ether oxygens (including phenoxy) is 1. The topological polar surface area (TPSA) is 55.4 Å². The van der Waals surface area contributed by atoms with Gasteiger partial charge in [-0.15, -0.1) is 0 Å². The van der Waals surface area contributed by atoms with Crippen LogP contribution in [0.2, 0.25) is 5.02 Å². The molecule has 0 aliphatic heterocycles. The lowest BCUT2D eigenvalue weighted by Crippen LogP contribution is -2.36. The molecule has 4 nitrogen and oxygen atoms in total. The highest BCUT2D eigenvalue weighted by atomic mass is 35.5. The summed E-state index contributed by atoms with van der Waals surface area (Å²) in [6.45, 7) is 7.28. The van der Waals surface area contributed by atoms with Gasteiger partial charge in [-0.3, -0.25) is 4.79 Å². The van der Waals surface area contributed by atoms with Crippen LogP contribution in [-0.4, -0.2) is 18.0 Å². The zero-order valence-corrected chi connectivity index (χ0v) is 14.1. The average Bonchev–Trinajstić information content (AvgIpc) is 2.42. The largest absolute Gasteiger partial charge is 0.444 e. The molecule has 22 heavy (non-hydrogen) atoms. The molecule has 0 aliphatic carbocycles. The van der Waals surface area contributed by atoms with Crippen LogP contribution in [-0.2, 0) is 9.53 Å². The van der Waals surface area contributed by atoms with Gasteiger partial charge in [-0.05, 0) is 44.9 Å². The van der Waals surface area contributed by atoms with Crippen molar-refractivity contribution in [3.8, 4) is 0 Å². The van der Waals surface area contributed by atoms with Gasteiger partial charge >= 0.3 is 6.09 Å². The van der Waals surface area contributed by atoms with E-state index < -0.39 is 17.7 Å². The molecule has 0 unspecified atom stereocenters. The summed E-state index contributed by atoms with van der Waals surface area (Å²) in [4.78, 5) is 23.4. The number of carbonyl (C=O) groups excluding carboxylic acids is 2. The van der Waals surface area contributed by atoms with E-state index in [1.54, 1.807) is 51.1 Å².